The molecule has 1 aromatic carbocycles. The zero-order valence-corrected chi connectivity index (χ0v) is 12.2. The Morgan fingerprint density at radius 1 is 1.29 bits per heavy atom. The van der Waals surface area contributed by atoms with E-state index < -0.39 is 0 Å². The van der Waals surface area contributed by atoms with Crippen molar-refractivity contribution in [3.63, 3.8) is 0 Å². The zero-order chi connectivity index (χ0) is 15.0. The van der Waals surface area contributed by atoms with Crippen LogP contribution in [-0.4, -0.2) is 20.2 Å². The van der Waals surface area contributed by atoms with Crippen LogP contribution in [0.4, 0.5) is 5.69 Å². The summed E-state index contributed by atoms with van der Waals surface area (Å²) in [7, 11) is 0. The van der Waals surface area contributed by atoms with Crippen LogP contribution in [0.5, 0.6) is 0 Å². The number of aromatic amines is 2. The number of anilines is 1. The summed E-state index contributed by atoms with van der Waals surface area (Å²) in [5.41, 5.74) is 3.20. The van der Waals surface area contributed by atoms with Crippen LogP contribution < -0.4 is 10.9 Å². The highest BCUT2D eigenvalue weighted by molar-refractivity contribution is 5.90. The van der Waals surface area contributed by atoms with Gasteiger partial charge in [0.25, 0.3) is 5.56 Å². The molecule has 0 fully saturated rings. The lowest BCUT2D eigenvalue weighted by Crippen LogP contribution is -2.23. The van der Waals surface area contributed by atoms with Crippen molar-refractivity contribution in [2.24, 2.45) is 0 Å². The van der Waals surface area contributed by atoms with E-state index in [-0.39, 0.29) is 11.6 Å². The first-order valence-corrected chi connectivity index (χ1v) is 6.82. The SMILES string of the molecule is Cc1nc(C)c(C(C)Nc2cccc3[nH]ncc23)c(=O)[nH]1. The van der Waals surface area contributed by atoms with Crippen LogP contribution in [0.2, 0.25) is 0 Å². The van der Waals surface area contributed by atoms with E-state index in [0.717, 1.165) is 22.3 Å². The minimum Gasteiger partial charge on any atom is -0.378 e. The molecular weight excluding hydrogens is 266 g/mol. The van der Waals surface area contributed by atoms with E-state index in [0.29, 0.717) is 11.4 Å². The van der Waals surface area contributed by atoms with E-state index in [9.17, 15) is 4.79 Å². The Bertz CT molecular complexity index is 849. The first-order valence-electron chi connectivity index (χ1n) is 6.82. The average Bonchev–Trinajstić information content (AvgIpc) is 2.86. The quantitative estimate of drug-likeness (QED) is 0.689. The van der Waals surface area contributed by atoms with Gasteiger partial charge < -0.3 is 10.3 Å². The van der Waals surface area contributed by atoms with Gasteiger partial charge in [-0.15, -0.1) is 0 Å². The number of aromatic nitrogens is 4. The van der Waals surface area contributed by atoms with Gasteiger partial charge in [0.15, 0.2) is 0 Å². The molecule has 2 heterocycles. The summed E-state index contributed by atoms with van der Waals surface area (Å²) < 4.78 is 0. The maximum atomic E-state index is 12.2. The van der Waals surface area contributed by atoms with Crippen molar-refractivity contribution in [1.29, 1.82) is 0 Å². The van der Waals surface area contributed by atoms with Gasteiger partial charge in [-0.1, -0.05) is 6.07 Å². The molecule has 21 heavy (non-hydrogen) atoms. The zero-order valence-electron chi connectivity index (χ0n) is 12.2. The molecule has 0 amide bonds. The van der Waals surface area contributed by atoms with Crippen LogP contribution in [0.15, 0.2) is 29.2 Å². The molecule has 3 aromatic rings. The molecule has 0 aliphatic rings. The number of H-pyrrole nitrogens is 2. The third-order valence-electron chi connectivity index (χ3n) is 3.55. The number of aryl methyl sites for hydroxylation is 2. The summed E-state index contributed by atoms with van der Waals surface area (Å²) in [6.45, 7) is 5.59. The van der Waals surface area contributed by atoms with Gasteiger partial charge in [-0.2, -0.15) is 5.10 Å². The second-order valence-electron chi connectivity index (χ2n) is 5.15. The van der Waals surface area contributed by atoms with Gasteiger partial charge in [-0.05, 0) is 32.9 Å². The molecule has 6 nitrogen and oxygen atoms in total. The minimum atomic E-state index is -0.151. The lowest BCUT2D eigenvalue weighted by atomic mass is 10.1. The topological polar surface area (TPSA) is 86.5 Å². The van der Waals surface area contributed by atoms with Gasteiger partial charge in [-0.3, -0.25) is 9.89 Å². The molecule has 0 radical (unpaired) electrons. The van der Waals surface area contributed by atoms with Crippen molar-refractivity contribution < 1.29 is 0 Å². The Balaban J connectivity index is 1.99. The fourth-order valence-corrected chi connectivity index (χ4v) is 2.65. The maximum absolute atomic E-state index is 12.2. The molecule has 0 saturated carbocycles. The summed E-state index contributed by atoms with van der Waals surface area (Å²) in [6, 6.07) is 5.73. The average molecular weight is 283 g/mol. The standard InChI is InChI=1S/C15H17N5O/c1-8-14(15(21)19-10(3)17-8)9(2)18-12-5-4-6-13-11(12)7-16-20-13/h4-7,9,18H,1-3H3,(H,16,20)(H,17,19,21). The van der Waals surface area contributed by atoms with Crippen LogP contribution >= 0.6 is 0 Å². The smallest absolute Gasteiger partial charge is 0.256 e. The Morgan fingerprint density at radius 3 is 2.86 bits per heavy atom. The molecule has 3 N–H and O–H groups in total. The number of hydrogen-bond donors (Lipinski definition) is 3. The minimum absolute atomic E-state index is 0.0978. The molecule has 108 valence electrons. The van der Waals surface area contributed by atoms with E-state index in [1.165, 1.54) is 0 Å². The third-order valence-corrected chi connectivity index (χ3v) is 3.55. The number of hydrogen-bond acceptors (Lipinski definition) is 4. The number of rotatable bonds is 3. The van der Waals surface area contributed by atoms with Gasteiger partial charge in [-0.25, -0.2) is 4.98 Å². The first kappa shape index (κ1) is 13.4. The fourth-order valence-electron chi connectivity index (χ4n) is 2.65. The van der Waals surface area contributed by atoms with E-state index in [4.69, 9.17) is 0 Å². The molecule has 0 aliphatic heterocycles. The van der Waals surface area contributed by atoms with Crippen molar-refractivity contribution in [3.05, 3.63) is 51.8 Å². The predicted octanol–water partition coefficient (Wildman–Crippen LogP) is 2.44. The second-order valence-corrected chi connectivity index (χ2v) is 5.15. The summed E-state index contributed by atoms with van der Waals surface area (Å²) in [5.74, 6) is 0.630. The van der Waals surface area contributed by atoms with Crippen molar-refractivity contribution in [2.75, 3.05) is 5.32 Å². The largest absolute Gasteiger partial charge is 0.378 e. The lowest BCUT2D eigenvalue weighted by molar-refractivity contribution is 0.815. The number of benzene rings is 1. The van der Waals surface area contributed by atoms with E-state index >= 15 is 0 Å². The molecule has 6 heteroatoms. The normalized spacial score (nSPS) is 12.5. The predicted molar refractivity (Wildman–Crippen MR) is 82.5 cm³/mol. The molecule has 0 spiro atoms. The molecule has 2 aromatic heterocycles. The molecule has 3 rings (SSSR count). The summed E-state index contributed by atoms with van der Waals surface area (Å²) in [6.07, 6.45) is 1.77. The van der Waals surface area contributed by atoms with Crippen LogP contribution in [0.1, 0.15) is 30.0 Å². The monoisotopic (exact) mass is 283 g/mol. The Kier molecular flexibility index (Phi) is 3.21. The highest BCUT2D eigenvalue weighted by Crippen LogP contribution is 2.25. The van der Waals surface area contributed by atoms with E-state index in [2.05, 4.69) is 25.5 Å². The highest BCUT2D eigenvalue weighted by Gasteiger charge is 2.15. The van der Waals surface area contributed by atoms with Gasteiger partial charge >= 0.3 is 0 Å². The molecule has 0 saturated heterocycles. The number of fused-ring (bicyclic) bond motifs is 1. The van der Waals surface area contributed by atoms with Gasteiger partial charge in [0.2, 0.25) is 0 Å². The number of nitrogens with zero attached hydrogens (tertiary/aromatic N) is 2. The van der Waals surface area contributed by atoms with Crippen molar-refractivity contribution >= 4 is 16.6 Å². The molecule has 0 bridgehead atoms. The third kappa shape index (κ3) is 2.40. The summed E-state index contributed by atoms with van der Waals surface area (Å²) in [4.78, 5) is 19.2. The molecule has 1 unspecified atom stereocenters. The van der Waals surface area contributed by atoms with Crippen LogP contribution in [0.3, 0.4) is 0 Å². The van der Waals surface area contributed by atoms with E-state index in [1.807, 2.05) is 32.0 Å². The molecule has 1 atom stereocenters. The fraction of sp³-hybridized carbons (Fsp3) is 0.267. The molecule has 0 aliphatic carbocycles. The second kappa shape index (κ2) is 5.05. The first-order chi connectivity index (χ1) is 10.1. The summed E-state index contributed by atoms with van der Waals surface area (Å²) >= 11 is 0. The van der Waals surface area contributed by atoms with Gasteiger partial charge in [0.1, 0.15) is 5.82 Å². The van der Waals surface area contributed by atoms with Gasteiger partial charge in [0.05, 0.1) is 29.0 Å². The Morgan fingerprint density at radius 2 is 2.10 bits per heavy atom. The van der Waals surface area contributed by atoms with Crippen molar-refractivity contribution in [2.45, 2.75) is 26.8 Å². The van der Waals surface area contributed by atoms with Crippen LogP contribution in [-0.2, 0) is 0 Å². The molecular formula is C15H17N5O. The Labute approximate surface area is 121 Å². The van der Waals surface area contributed by atoms with Crippen molar-refractivity contribution in [1.82, 2.24) is 20.2 Å². The van der Waals surface area contributed by atoms with E-state index in [1.54, 1.807) is 13.1 Å². The lowest BCUT2D eigenvalue weighted by Gasteiger charge is -2.17. The van der Waals surface area contributed by atoms with Crippen molar-refractivity contribution in [3.8, 4) is 0 Å². The summed E-state index contributed by atoms with van der Waals surface area (Å²) in [5, 5.41) is 11.3. The maximum Gasteiger partial charge on any atom is 0.256 e. The van der Waals surface area contributed by atoms with Crippen LogP contribution in [0, 0.1) is 13.8 Å². The highest BCUT2D eigenvalue weighted by atomic mass is 16.1. The van der Waals surface area contributed by atoms with Gasteiger partial charge in [0, 0.05) is 11.1 Å². The van der Waals surface area contributed by atoms with Crippen LogP contribution in [0.25, 0.3) is 10.9 Å². The number of nitrogens with one attached hydrogen (secondary N) is 3. The Hall–Kier alpha value is -2.63.